The largest absolute Gasteiger partial charge is 0.399 e. The number of rotatable bonds is 2. The zero-order valence-electron chi connectivity index (χ0n) is 11.1. The molecule has 0 aliphatic rings. The van der Waals surface area contributed by atoms with Crippen molar-refractivity contribution in [2.45, 2.75) is 20.8 Å². The highest BCUT2D eigenvalue weighted by molar-refractivity contribution is 6.44. The second kappa shape index (κ2) is 5.37. The molecule has 0 saturated heterocycles. The van der Waals surface area contributed by atoms with Gasteiger partial charge in [0, 0.05) is 19.3 Å². The number of amides is 1. The third kappa shape index (κ3) is 3.79. The normalized spacial score (nSPS) is 11.4. The molecule has 1 aromatic carbocycles. The highest BCUT2D eigenvalue weighted by atomic mass is 35.5. The minimum atomic E-state index is -0.177. The van der Waals surface area contributed by atoms with E-state index in [2.05, 4.69) is 20.8 Å². The summed E-state index contributed by atoms with van der Waals surface area (Å²) in [7, 11) is 1.74. The maximum Gasteiger partial charge on any atom is 0.255 e. The number of halogens is 2. The number of anilines is 1. The van der Waals surface area contributed by atoms with Gasteiger partial charge < -0.3 is 10.6 Å². The Kier molecular flexibility index (Phi) is 4.51. The van der Waals surface area contributed by atoms with E-state index in [0.717, 1.165) is 0 Å². The summed E-state index contributed by atoms with van der Waals surface area (Å²) < 4.78 is 0. The number of nitrogens with two attached hydrogens (primary N) is 1. The van der Waals surface area contributed by atoms with Gasteiger partial charge in [0.15, 0.2) is 0 Å². The average Bonchev–Trinajstić information content (AvgIpc) is 2.19. The van der Waals surface area contributed by atoms with Gasteiger partial charge >= 0.3 is 0 Å². The molecule has 0 aromatic heterocycles. The molecule has 5 heteroatoms. The van der Waals surface area contributed by atoms with Crippen LogP contribution in [-0.2, 0) is 0 Å². The van der Waals surface area contributed by atoms with E-state index in [4.69, 9.17) is 28.9 Å². The van der Waals surface area contributed by atoms with E-state index in [1.807, 2.05) is 0 Å². The first-order chi connectivity index (χ1) is 8.11. The van der Waals surface area contributed by atoms with Gasteiger partial charge in [0.2, 0.25) is 0 Å². The smallest absolute Gasteiger partial charge is 0.255 e. The zero-order chi connectivity index (χ0) is 14.1. The van der Waals surface area contributed by atoms with Crippen LogP contribution in [0.2, 0.25) is 10.0 Å². The van der Waals surface area contributed by atoms with Crippen molar-refractivity contribution < 1.29 is 4.79 Å². The fourth-order valence-electron chi connectivity index (χ4n) is 1.75. The third-order valence-corrected chi connectivity index (χ3v) is 3.14. The number of nitrogens with zero attached hydrogens (tertiary/aromatic N) is 1. The van der Waals surface area contributed by atoms with E-state index in [9.17, 15) is 4.79 Å². The molecule has 3 nitrogen and oxygen atoms in total. The number of carbonyl (C=O) groups is 1. The van der Waals surface area contributed by atoms with Crippen molar-refractivity contribution in [2.75, 3.05) is 19.3 Å². The fourth-order valence-corrected chi connectivity index (χ4v) is 2.17. The minimum Gasteiger partial charge on any atom is -0.399 e. The first-order valence-corrected chi connectivity index (χ1v) is 6.37. The predicted octanol–water partition coefficient (Wildman–Crippen LogP) is 3.69. The van der Waals surface area contributed by atoms with Crippen molar-refractivity contribution >= 4 is 34.8 Å². The summed E-state index contributed by atoms with van der Waals surface area (Å²) in [5, 5.41) is 0.542. The molecular weight excluding hydrogens is 271 g/mol. The van der Waals surface area contributed by atoms with Crippen molar-refractivity contribution in [3.8, 4) is 0 Å². The van der Waals surface area contributed by atoms with E-state index < -0.39 is 0 Å². The van der Waals surface area contributed by atoms with Crippen molar-refractivity contribution in [1.29, 1.82) is 0 Å². The van der Waals surface area contributed by atoms with Gasteiger partial charge in [-0.15, -0.1) is 0 Å². The second-order valence-electron chi connectivity index (χ2n) is 5.59. The average molecular weight is 289 g/mol. The highest BCUT2D eigenvalue weighted by Gasteiger charge is 2.21. The number of hydrogen-bond acceptors (Lipinski definition) is 2. The Balaban J connectivity index is 3.04. The Labute approximate surface area is 118 Å². The Hall–Kier alpha value is -0.930. The quantitative estimate of drug-likeness (QED) is 0.844. The van der Waals surface area contributed by atoms with Crippen molar-refractivity contribution in [1.82, 2.24) is 4.90 Å². The summed E-state index contributed by atoms with van der Waals surface area (Å²) in [5.74, 6) is -0.177. The summed E-state index contributed by atoms with van der Waals surface area (Å²) >= 11 is 12.0. The van der Waals surface area contributed by atoms with Gasteiger partial charge in [-0.1, -0.05) is 44.0 Å². The SMILES string of the molecule is CN(CC(C)(C)C)C(=O)c1cc(N)cc(Cl)c1Cl. The van der Waals surface area contributed by atoms with Gasteiger partial charge in [-0.25, -0.2) is 0 Å². The molecule has 0 radical (unpaired) electrons. The molecule has 0 atom stereocenters. The molecule has 1 rings (SSSR count). The summed E-state index contributed by atoms with van der Waals surface area (Å²) in [6.45, 7) is 6.80. The van der Waals surface area contributed by atoms with Crippen LogP contribution < -0.4 is 5.73 Å². The lowest BCUT2D eigenvalue weighted by atomic mass is 9.96. The van der Waals surface area contributed by atoms with E-state index in [-0.39, 0.29) is 16.3 Å². The summed E-state index contributed by atoms with van der Waals surface area (Å²) in [4.78, 5) is 13.9. The van der Waals surface area contributed by atoms with Gasteiger partial charge in [-0.2, -0.15) is 0 Å². The van der Waals surface area contributed by atoms with Crippen molar-refractivity contribution in [3.63, 3.8) is 0 Å². The van der Waals surface area contributed by atoms with E-state index in [1.165, 1.54) is 6.07 Å². The fraction of sp³-hybridized carbons (Fsp3) is 0.462. The maximum absolute atomic E-state index is 12.3. The lowest BCUT2D eigenvalue weighted by molar-refractivity contribution is 0.0746. The van der Waals surface area contributed by atoms with Crippen LogP contribution >= 0.6 is 23.2 Å². The predicted molar refractivity (Wildman–Crippen MR) is 77.3 cm³/mol. The highest BCUT2D eigenvalue weighted by Crippen LogP contribution is 2.30. The number of benzene rings is 1. The summed E-state index contributed by atoms with van der Waals surface area (Å²) in [5.41, 5.74) is 6.46. The molecule has 1 aromatic rings. The molecule has 0 spiro atoms. The molecule has 0 unspecified atom stereocenters. The molecule has 1 amide bonds. The van der Waals surface area contributed by atoms with Crippen LogP contribution in [0.3, 0.4) is 0 Å². The molecule has 0 saturated carbocycles. The zero-order valence-corrected chi connectivity index (χ0v) is 12.6. The van der Waals surface area contributed by atoms with Crippen LogP contribution in [0, 0.1) is 5.41 Å². The lowest BCUT2D eigenvalue weighted by Gasteiger charge is -2.27. The number of hydrogen-bond donors (Lipinski definition) is 1. The van der Waals surface area contributed by atoms with Crippen molar-refractivity contribution in [2.24, 2.45) is 5.41 Å². The first-order valence-electron chi connectivity index (χ1n) is 5.62. The van der Waals surface area contributed by atoms with Gasteiger partial charge in [0.05, 0.1) is 15.6 Å². The molecule has 18 heavy (non-hydrogen) atoms. The molecule has 2 N–H and O–H groups in total. The Morgan fingerprint density at radius 1 is 1.33 bits per heavy atom. The van der Waals surface area contributed by atoms with E-state index in [1.54, 1.807) is 18.0 Å². The summed E-state index contributed by atoms with van der Waals surface area (Å²) in [6, 6.07) is 3.08. The molecule has 0 heterocycles. The van der Waals surface area contributed by atoms with Crippen LogP contribution in [0.4, 0.5) is 5.69 Å². The Morgan fingerprint density at radius 3 is 2.39 bits per heavy atom. The van der Waals surface area contributed by atoms with Gasteiger partial charge in [0.1, 0.15) is 0 Å². The first kappa shape index (κ1) is 15.1. The Morgan fingerprint density at radius 2 is 1.89 bits per heavy atom. The minimum absolute atomic E-state index is 0.0149. The number of carbonyl (C=O) groups excluding carboxylic acids is 1. The Bertz CT molecular complexity index is 467. The standard InChI is InChI=1S/C13H18Cl2N2O/c1-13(2,3)7-17(4)12(18)9-5-8(16)6-10(14)11(9)15/h5-6H,7,16H2,1-4H3. The van der Waals surface area contributed by atoms with Crippen molar-refractivity contribution in [3.05, 3.63) is 27.7 Å². The van der Waals surface area contributed by atoms with Gasteiger partial charge in [0.25, 0.3) is 5.91 Å². The van der Waals surface area contributed by atoms with Crippen LogP contribution in [-0.4, -0.2) is 24.4 Å². The third-order valence-electron chi connectivity index (χ3n) is 2.34. The van der Waals surface area contributed by atoms with Gasteiger partial charge in [-0.3, -0.25) is 4.79 Å². The molecule has 0 aliphatic heterocycles. The topological polar surface area (TPSA) is 46.3 Å². The monoisotopic (exact) mass is 288 g/mol. The van der Waals surface area contributed by atoms with Crippen LogP contribution in [0.1, 0.15) is 31.1 Å². The van der Waals surface area contributed by atoms with E-state index >= 15 is 0 Å². The molecule has 0 fully saturated rings. The number of nitrogen functional groups attached to an aromatic ring is 1. The maximum atomic E-state index is 12.3. The molecular formula is C13H18Cl2N2O. The van der Waals surface area contributed by atoms with E-state index in [0.29, 0.717) is 22.8 Å². The van der Waals surface area contributed by atoms with Crippen LogP contribution in [0.5, 0.6) is 0 Å². The second-order valence-corrected chi connectivity index (χ2v) is 6.37. The lowest BCUT2D eigenvalue weighted by Crippen LogP contribution is -2.34. The van der Waals surface area contributed by atoms with Crippen LogP contribution in [0.15, 0.2) is 12.1 Å². The summed E-state index contributed by atoms with van der Waals surface area (Å²) in [6.07, 6.45) is 0. The van der Waals surface area contributed by atoms with Crippen LogP contribution in [0.25, 0.3) is 0 Å². The van der Waals surface area contributed by atoms with Gasteiger partial charge in [-0.05, 0) is 17.5 Å². The molecule has 100 valence electrons. The molecule has 0 bridgehead atoms. The molecule has 0 aliphatic carbocycles.